The first-order chi connectivity index (χ1) is 15.1. The van der Waals surface area contributed by atoms with Crippen molar-refractivity contribution in [3.8, 4) is 17.2 Å². The highest BCUT2D eigenvalue weighted by molar-refractivity contribution is 7.99. The minimum Gasteiger partial charge on any atom is -0.493 e. The molecule has 0 aliphatic rings. The summed E-state index contributed by atoms with van der Waals surface area (Å²) in [5.74, 6) is 1.57. The third kappa shape index (κ3) is 7.84. The summed E-state index contributed by atoms with van der Waals surface area (Å²) in [6.07, 6.45) is 8.10. The zero-order valence-electron chi connectivity index (χ0n) is 19.2. The molecule has 174 valence electrons. The maximum atomic E-state index is 13.0. The van der Waals surface area contributed by atoms with Gasteiger partial charge in [0.25, 0.3) is 5.56 Å². The molecule has 1 unspecified atom stereocenters. The Kier molecular flexibility index (Phi) is 9.53. The molecule has 0 fully saturated rings. The van der Waals surface area contributed by atoms with E-state index in [-0.39, 0.29) is 12.2 Å². The lowest BCUT2D eigenvalue weighted by Crippen LogP contribution is -2.28. The summed E-state index contributed by atoms with van der Waals surface area (Å²) in [6, 6.07) is 5.16. The van der Waals surface area contributed by atoms with Gasteiger partial charge in [-0.05, 0) is 46.2 Å². The van der Waals surface area contributed by atoms with Crippen LogP contribution in [0.4, 0.5) is 4.39 Å². The molecule has 1 aromatic carbocycles. The highest BCUT2D eigenvalue weighted by Crippen LogP contribution is 2.30. The van der Waals surface area contributed by atoms with Crippen molar-refractivity contribution in [2.45, 2.75) is 50.9 Å². The number of thioether (sulfide) groups is 1. The number of allylic oxidation sites excluding steroid dienone is 4. The Hall–Kier alpha value is -2.58. The van der Waals surface area contributed by atoms with Gasteiger partial charge in [-0.2, -0.15) is 0 Å². The molecule has 1 atom stereocenters. The fourth-order valence-electron chi connectivity index (χ4n) is 2.72. The predicted octanol–water partition coefficient (Wildman–Crippen LogP) is 4.73. The second-order valence-electron chi connectivity index (χ2n) is 7.84. The fraction of sp³-hybridized carbons (Fsp3) is 0.417. The number of halogens is 1. The highest BCUT2D eigenvalue weighted by Gasteiger charge is 2.16. The highest BCUT2D eigenvalue weighted by atomic mass is 32.2. The average Bonchev–Trinajstić information content (AvgIpc) is 2.75. The van der Waals surface area contributed by atoms with E-state index in [2.05, 4.69) is 4.98 Å². The topological polar surface area (TPSA) is 73.6 Å². The van der Waals surface area contributed by atoms with Gasteiger partial charge in [0.1, 0.15) is 12.8 Å². The molecular formula is C24H31FN2O4S. The van der Waals surface area contributed by atoms with Gasteiger partial charge >= 0.3 is 0 Å². The van der Waals surface area contributed by atoms with E-state index in [1.54, 1.807) is 50.5 Å². The molecule has 0 spiro atoms. The van der Waals surface area contributed by atoms with Crippen molar-refractivity contribution in [3.05, 3.63) is 64.7 Å². The number of rotatable bonds is 11. The molecule has 0 saturated heterocycles. The van der Waals surface area contributed by atoms with Gasteiger partial charge in [-0.15, -0.1) is 11.8 Å². The lowest BCUT2D eigenvalue weighted by molar-refractivity contribution is 0.0276. The third-order valence-corrected chi connectivity index (χ3v) is 5.35. The Labute approximate surface area is 192 Å². The fourth-order valence-corrected chi connectivity index (χ4v) is 3.61. The van der Waals surface area contributed by atoms with Crippen LogP contribution in [-0.4, -0.2) is 45.9 Å². The van der Waals surface area contributed by atoms with Crippen molar-refractivity contribution in [2.75, 3.05) is 19.5 Å². The van der Waals surface area contributed by atoms with Crippen LogP contribution in [0.2, 0.25) is 0 Å². The van der Waals surface area contributed by atoms with Crippen molar-refractivity contribution < 1.29 is 19.0 Å². The Morgan fingerprint density at radius 2 is 2.12 bits per heavy atom. The average molecular weight is 463 g/mol. The van der Waals surface area contributed by atoms with Crippen LogP contribution in [0.1, 0.15) is 34.1 Å². The molecule has 2 aromatic rings. The van der Waals surface area contributed by atoms with Crippen molar-refractivity contribution in [2.24, 2.45) is 0 Å². The summed E-state index contributed by atoms with van der Waals surface area (Å²) in [7, 11) is 1.52. The van der Waals surface area contributed by atoms with E-state index in [1.165, 1.54) is 36.4 Å². The molecular weight excluding hydrogens is 431 g/mol. The monoisotopic (exact) mass is 462 g/mol. The number of aliphatic hydroxyl groups is 1. The number of ether oxygens (including phenoxy) is 2. The molecule has 1 heterocycles. The largest absolute Gasteiger partial charge is 0.493 e. The SMILES string of the molecule is C/C=C(\C=C/C(C)F)CCSc1nccn(-c2ccc(OCC(C)(C)O)c(OC)c2)c1=O. The Bertz CT molecular complexity index is 1010. The molecule has 0 radical (unpaired) electrons. The normalized spacial score (nSPS) is 13.4. The van der Waals surface area contributed by atoms with E-state index in [0.29, 0.717) is 34.4 Å². The minimum absolute atomic E-state index is 0.103. The first-order valence-electron chi connectivity index (χ1n) is 10.4. The lowest BCUT2D eigenvalue weighted by Gasteiger charge is -2.19. The molecule has 0 amide bonds. The van der Waals surface area contributed by atoms with Crippen LogP contribution in [-0.2, 0) is 0 Å². The first-order valence-corrected chi connectivity index (χ1v) is 11.3. The van der Waals surface area contributed by atoms with Crippen LogP contribution in [0.25, 0.3) is 5.69 Å². The van der Waals surface area contributed by atoms with Crippen LogP contribution in [0.5, 0.6) is 11.5 Å². The summed E-state index contributed by atoms with van der Waals surface area (Å²) in [4.78, 5) is 17.2. The Morgan fingerprint density at radius 1 is 1.38 bits per heavy atom. The number of benzene rings is 1. The molecule has 1 aromatic heterocycles. The number of alkyl halides is 1. The maximum absolute atomic E-state index is 13.0. The van der Waals surface area contributed by atoms with E-state index < -0.39 is 11.8 Å². The summed E-state index contributed by atoms with van der Waals surface area (Å²) in [5, 5.41) is 10.3. The van der Waals surface area contributed by atoms with Crippen LogP contribution >= 0.6 is 11.8 Å². The molecule has 0 bridgehead atoms. The van der Waals surface area contributed by atoms with E-state index in [0.717, 1.165) is 5.57 Å². The lowest BCUT2D eigenvalue weighted by atomic mass is 10.1. The molecule has 8 heteroatoms. The van der Waals surface area contributed by atoms with Crippen LogP contribution < -0.4 is 15.0 Å². The summed E-state index contributed by atoms with van der Waals surface area (Å²) < 4.78 is 25.6. The van der Waals surface area contributed by atoms with Crippen molar-refractivity contribution in [3.63, 3.8) is 0 Å². The Morgan fingerprint density at radius 3 is 2.75 bits per heavy atom. The van der Waals surface area contributed by atoms with E-state index >= 15 is 0 Å². The smallest absolute Gasteiger partial charge is 0.287 e. The summed E-state index contributed by atoms with van der Waals surface area (Å²) in [6.45, 7) is 6.80. The van der Waals surface area contributed by atoms with Crippen molar-refractivity contribution in [1.82, 2.24) is 9.55 Å². The van der Waals surface area contributed by atoms with Crippen LogP contribution in [0, 0.1) is 0 Å². The second-order valence-corrected chi connectivity index (χ2v) is 8.93. The quantitative estimate of drug-likeness (QED) is 0.384. The van der Waals surface area contributed by atoms with Gasteiger partial charge in [0.15, 0.2) is 16.5 Å². The van der Waals surface area contributed by atoms with Gasteiger partial charge in [0.05, 0.1) is 18.4 Å². The number of aromatic nitrogens is 2. The zero-order valence-corrected chi connectivity index (χ0v) is 20.0. The molecule has 32 heavy (non-hydrogen) atoms. The minimum atomic E-state index is -0.996. The van der Waals surface area contributed by atoms with Gasteiger partial charge in [-0.1, -0.05) is 23.8 Å². The van der Waals surface area contributed by atoms with Gasteiger partial charge in [0, 0.05) is 24.2 Å². The molecule has 6 nitrogen and oxygen atoms in total. The molecule has 0 aliphatic heterocycles. The van der Waals surface area contributed by atoms with Gasteiger partial charge in [-0.25, -0.2) is 9.37 Å². The molecule has 1 N–H and O–H groups in total. The van der Waals surface area contributed by atoms with Gasteiger partial charge in [0.2, 0.25) is 0 Å². The molecule has 0 saturated carbocycles. The second kappa shape index (κ2) is 11.9. The number of nitrogens with zero attached hydrogens (tertiary/aromatic N) is 2. The number of hydrogen-bond acceptors (Lipinski definition) is 6. The predicted molar refractivity (Wildman–Crippen MR) is 127 cm³/mol. The van der Waals surface area contributed by atoms with E-state index in [1.807, 2.05) is 13.0 Å². The zero-order chi connectivity index (χ0) is 23.7. The standard InChI is InChI=1S/C24H31FN2O4S/c1-6-18(8-7-17(2)25)11-14-32-22-23(28)27(13-12-26-22)19-9-10-20(21(15-19)30-5)31-16-24(3,4)29/h6-10,12-13,15,17,29H,11,14,16H2,1-5H3/b8-7-,18-6+. The van der Waals surface area contributed by atoms with E-state index in [4.69, 9.17) is 9.47 Å². The summed E-state index contributed by atoms with van der Waals surface area (Å²) >= 11 is 1.36. The Balaban J connectivity index is 2.17. The first kappa shape index (κ1) is 25.7. The van der Waals surface area contributed by atoms with E-state index in [9.17, 15) is 14.3 Å². The summed E-state index contributed by atoms with van der Waals surface area (Å²) in [5.41, 5.74) is 0.398. The van der Waals surface area contributed by atoms with Crippen LogP contribution in [0.15, 0.2) is 64.2 Å². The third-order valence-electron chi connectivity index (χ3n) is 4.39. The van der Waals surface area contributed by atoms with Crippen molar-refractivity contribution in [1.29, 1.82) is 0 Å². The number of hydrogen-bond donors (Lipinski definition) is 1. The van der Waals surface area contributed by atoms with Gasteiger partial charge in [-0.3, -0.25) is 9.36 Å². The van der Waals surface area contributed by atoms with Crippen molar-refractivity contribution >= 4 is 11.8 Å². The van der Waals surface area contributed by atoms with Crippen LogP contribution in [0.3, 0.4) is 0 Å². The molecule has 0 aliphatic carbocycles. The number of methoxy groups -OCH3 is 1. The van der Waals surface area contributed by atoms with Gasteiger partial charge < -0.3 is 14.6 Å². The molecule has 2 rings (SSSR count). The maximum Gasteiger partial charge on any atom is 0.287 e.